The summed E-state index contributed by atoms with van der Waals surface area (Å²) < 4.78 is 5.54. The Morgan fingerprint density at radius 1 is 1.32 bits per heavy atom. The summed E-state index contributed by atoms with van der Waals surface area (Å²) in [6, 6.07) is 6.50. The molecule has 1 saturated heterocycles. The van der Waals surface area contributed by atoms with E-state index in [1.54, 1.807) is 0 Å². The van der Waals surface area contributed by atoms with Gasteiger partial charge in [0, 0.05) is 24.5 Å². The van der Waals surface area contributed by atoms with Gasteiger partial charge >= 0.3 is 6.09 Å². The first kappa shape index (κ1) is 16.9. The monoisotopic (exact) mass is 343 g/mol. The molecule has 25 heavy (non-hydrogen) atoms. The lowest BCUT2D eigenvalue weighted by atomic mass is 9.60. The van der Waals surface area contributed by atoms with Crippen LogP contribution in [0.3, 0.4) is 0 Å². The van der Waals surface area contributed by atoms with Crippen molar-refractivity contribution >= 4 is 6.09 Å². The highest BCUT2D eigenvalue weighted by Crippen LogP contribution is 2.46. The minimum absolute atomic E-state index is 0.0214. The molecule has 5 heteroatoms. The first-order chi connectivity index (χ1) is 12.1. The zero-order chi connectivity index (χ0) is 17.4. The Hall–Kier alpha value is -1.59. The number of hydrogen-bond acceptors (Lipinski definition) is 4. The lowest BCUT2D eigenvalue weighted by molar-refractivity contribution is 0.188. The molecule has 0 spiro atoms. The van der Waals surface area contributed by atoms with Crippen molar-refractivity contribution in [2.45, 2.75) is 62.9 Å². The second kappa shape index (κ2) is 6.61. The number of hydrogen-bond donors (Lipinski definition) is 3. The predicted molar refractivity (Wildman–Crippen MR) is 97.9 cm³/mol. The molecule has 1 amide bonds. The summed E-state index contributed by atoms with van der Waals surface area (Å²) in [5.74, 6) is 1.19. The van der Waals surface area contributed by atoms with Crippen molar-refractivity contribution in [2.24, 2.45) is 11.7 Å². The molecule has 2 bridgehead atoms. The Kier molecular flexibility index (Phi) is 4.46. The average Bonchev–Trinajstić information content (AvgIpc) is 2.55. The molecule has 0 unspecified atom stereocenters. The summed E-state index contributed by atoms with van der Waals surface area (Å²) in [5, 5.41) is 6.01. The Morgan fingerprint density at radius 2 is 2.16 bits per heavy atom. The fourth-order valence-corrected chi connectivity index (χ4v) is 4.79. The number of rotatable bonds is 2. The van der Waals surface area contributed by atoms with E-state index < -0.39 is 0 Å². The van der Waals surface area contributed by atoms with Gasteiger partial charge in [0.2, 0.25) is 0 Å². The first-order valence-electron chi connectivity index (χ1n) is 9.64. The molecule has 136 valence electrons. The Bertz CT molecular complexity index is 658. The number of fused-ring (bicyclic) bond motifs is 4. The van der Waals surface area contributed by atoms with Crippen LogP contribution in [0.15, 0.2) is 18.2 Å². The smallest absolute Gasteiger partial charge is 0.410 e. The number of nitrogens with two attached hydrogens (primary N) is 1. The molecule has 3 atom stereocenters. The standard InChI is InChI=1S/C20H29N3O2/c1-20-8-4-2-3-5-14(18(20)21)9-13-6-7-16(10-17(13)20)25-19(24)23-15-11-22-12-15/h6-7,10,14-15,18,22H,2-5,8-9,11-12,21H2,1H3,(H,23,24)/t14-,18-,20+/m0/s1. The van der Waals surface area contributed by atoms with Crippen molar-refractivity contribution in [2.75, 3.05) is 13.1 Å². The van der Waals surface area contributed by atoms with Crippen LogP contribution < -0.4 is 21.1 Å². The second-order valence-electron chi connectivity index (χ2n) is 8.21. The Morgan fingerprint density at radius 3 is 2.92 bits per heavy atom. The van der Waals surface area contributed by atoms with Gasteiger partial charge in [-0.1, -0.05) is 32.3 Å². The highest BCUT2D eigenvalue weighted by Gasteiger charge is 2.43. The molecule has 2 fully saturated rings. The largest absolute Gasteiger partial charge is 0.412 e. The molecular formula is C20H29N3O2. The molecule has 1 heterocycles. The van der Waals surface area contributed by atoms with Crippen LogP contribution in [-0.2, 0) is 11.8 Å². The lowest BCUT2D eigenvalue weighted by Crippen LogP contribution is -2.57. The Labute approximate surface area is 149 Å². The maximum atomic E-state index is 12.1. The molecule has 1 saturated carbocycles. The third-order valence-electron chi connectivity index (χ3n) is 6.51. The van der Waals surface area contributed by atoms with Crippen molar-refractivity contribution in [3.63, 3.8) is 0 Å². The molecular weight excluding hydrogens is 314 g/mol. The van der Waals surface area contributed by atoms with Crippen molar-refractivity contribution in [1.29, 1.82) is 0 Å². The van der Waals surface area contributed by atoms with E-state index in [2.05, 4.69) is 29.7 Å². The summed E-state index contributed by atoms with van der Waals surface area (Å²) in [6.45, 7) is 3.93. The molecule has 4 rings (SSSR count). The second-order valence-corrected chi connectivity index (χ2v) is 8.21. The molecule has 1 aromatic carbocycles. The van der Waals surface area contributed by atoms with Crippen molar-refractivity contribution in [3.05, 3.63) is 29.3 Å². The van der Waals surface area contributed by atoms with Crippen LogP contribution in [0.25, 0.3) is 0 Å². The Balaban J connectivity index is 1.58. The van der Waals surface area contributed by atoms with E-state index in [0.29, 0.717) is 11.7 Å². The highest BCUT2D eigenvalue weighted by molar-refractivity contribution is 5.71. The van der Waals surface area contributed by atoms with Crippen LogP contribution in [-0.4, -0.2) is 31.3 Å². The van der Waals surface area contributed by atoms with E-state index in [1.165, 1.54) is 36.8 Å². The van der Waals surface area contributed by atoms with Gasteiger partial charge in [-0.05, 0) is 48.4 Å². The summed E-state index contributed by atoms with van der Waals surface area (Å²) in [5.41, 5.74) is 9.36. The molecule has 1 aliphatic heterocycles. The number of carbonyl (C=O) groups is 1. The van der Waals surface area contributed by atoms with Crippen LogP contribution in [0, 0.1) is 5.92 Å². The predicted octanol–water partition coefficient (Wildman–Crippen LogP) is 2.47. The van der Waals surface area contributed by atoms with Crippen LogP contribution in [0.2, 0.25) is 0 Å². The summed E-state index contributed by atoms with van der Waals surface area (Å²) in [7, 11) is 0. The fourth-order valence-electron chi connectivity index (χ4n) is 4.79. The van der Waals surface area contributed by atoms with Crippen LogP contribution in [0.4, 0.5) is 4.79 Å². The van der Waals surface area contributed by atoms with E-state index >= 15 is 0 Å². The summed E-state index contributed by atoms with van der Waals surface area (Å²) in [6.07, 6.45) is 6.83. The number of benzene rings is 1. The molecule has 0 aromatic heterocycles. The average molecular weight is 343 g/mol. The van der Waals surface area contributed by atoms with Crippen molar-refractivity contribution in [3.8, 4) is 5.75 Å². The quantitative estimate of drug-likeness (QED) is 0.771. The van der Waals surface area contributed by atoms with Crippen LogP contribution in [0.5, 0.6) is 5.75 Å². The van der Waals surface area contributed by atoms with Gasteiger partial charge in [0.05, 0.1) is 6.04 Å². The number of carbonyl (C=O) groups excluding carboxylic acids is 1. The normalized spacial score (nSPS) is 31.9. The van der Waals surface area contributed by atoms with Crippen LogP contribution in [0.1, 0.15) is 50.2 Å². The highest BCUT2D eigenvalue weighted by atomic mass is 16.6. The topological polar surface area (TPSA) is 76.4 Å². The van der Waals surface area contributed by atoms with Gasteiger partial charge in [0.15, 0.2) is 0 Å². The van der Waals surface area contributed by atoms with Gasteiger partial charge in [0.25, 0.3) is 0 Å². The number of ether oxygens (including phenoxy) is 1. The molecule has 3 aliphatic rings. The summed E-state index contributed by atoms with van der Waals surface area (Å²) >= 11 is 0. The number of amides is 1. The van der Waals surface area contributed by atoms with Gasteiger partial charge in [-0.25, -0.2) is 4.79 Å². The van der Waals surface area contributed by atoms with Gasteiger partial charge in [-0.15, -0.1) is 0 Å². The zero-order valence-corrected chi connectivity index (χ0v) is 15.0. The van der Waals surface area contributed by atoms with Gasteiger partial charge in [0.1, 0.15) is 5.75 Å². The fraction of sp³-hybridized carbons (Fsp3) is 0.650. The van der Waals surface area contributed by atoms with E-state index in [-0.39, 0.29) is 23.6 Å². The minimum Gasteiger partial charge on any atom is -0.410 e. The van der Waals surface area contributed by atoms with Crippen molar-refractivity contribution in [1.82, 2.24) is 10.6 Å². The SMILES string of the molecule is C[C@@]12CCCCC[C@@H](Cc3ccc(OC(=O)NC4CNC4)cc31)[C@@H]2N. The first-order valence-corrected chi connectivity index (χ1v) is 9.64. The van der Waals surface area contributed by atoms with Gasteiger partial charge in [-0.3, -0.25) is 0 Å². The molecule has 1 aromatic rings. The third kappa shape index (κ3) is 3.15. The van der Waals surface area contributed by atoms with Crippen LogP contribution >= 0.6 is 0 Å². The maximum Gasteiger partial charge on any atom is 0.412 e. The number of nitrogens with one attached hydrogen (secondary N) is 2. The maximum absolute atomic E-state index is 12.1. The van der Waals surface area contributed by atoms with E-state index in [1.807, 2.05) is 6.07 Å². The van der Waals surface area contributed by atoms with Gasteiger partial charge < -0.3 is 21.1 Å². The van der Waals surface area contributed by atoms with E-state index in [4.69, 9.17) is 10.5 Å². The van der Waals surface area contributed by atoms with Crippen molar-refractivity contribution < 1.29 is 9.53 Å². The molecule has 5 nitrogen and oxygen atoms in total. The van der Waals surface area contributed by atoms with E-state index in [9.17, 15) is 4.79 Å². The third-order valence-corrected chi connectivity index (χ3v) is 6.51. The zero-order valence-electron chi connectivity index (χ0n) is 15.0. The molecule has 2 aliphatic carbocycles. The van der Waals surface area contributed by atoms with Gasteiger partial charge in [-0.2, -0.15) is 0 Å². The minimum atomic E-state index is -0.368. The molecule has 0 radical (unpaired) electrons. The lowest BCUT2D eigenvalue weighted by Gasteiger charge is -2.47. The summed E-state index contributed by atoms with van der Waals surface area (Å²) in [4.78, 5) is 12.1. The van der Waals surface area contributed by atoms with E-state index in [0.717, 1.165) is 25.9 Å². The molecule has 4 N–H and O–H groups in total.